The van der Waals surface area contributed by atoms with E-state index in [0.717, 1.165) is 49.4 Å². The summed E-state index contributed by atoms with van der Waals surface area (Å²) in [5.41, 5.74) is 1.14. The molecule has 4 rings (SSSR count). The molecular weight excluding hydrogens is 338 g/mol. The largest absolute Gasteiger partial charge is 0.307 e. The number of aryl methyl sites for hydroxylation is 1. The minimum atomic E-state index is 0.583. The highest BCUT2D eigenvalue weighted by molar-refractivity contribution is 7.71. The van der Waals surface area contributed by atoms with Crippen molar-refractivity contribution in [2.45, 2.75) is 38.9 Å². The van der Waals surface area contributed by atoms with E-state index in [9.17, 15) is 0 Å². The standard InChI is InChI=1S/C17H21N5S2/c1-2-21-11-18-22(17(21)23)12-20-9-7-13(8-10-20)16-19-14-5-3-4-6-15(14)24-16/h3-6,11,13H,2,7-10,12H2,1H3. The zero-order valence-corrected chi connectivity index (χ0v) is 15.4. The molecule has 24 heavy (non-hydrogen) atoms. The third kappa shape index (κ3) is 3.03. The Morgan fingerprint density at radius 3 is 2.75 bits per heavy atom. The fourth-order valence-electron chi connectivity index (χ4n) is 3.26. The number of hydrogen-bond donors (Lipinski definition) is 0. The summed E-state index contributed by atoms with van der Waals surface area (Å²) in [6.45, 7) is 5.89. The van der Waals surface area contributed by atoms with E-state index in [1.54, 1.807) is 0 Å². The molecule has 126 valence electrons. The van der Waals surface area contributed by atoms with E-state index in [1.807, 2.05) is 26.9 Å². The minimum Gasteiger partial charge on any atom is -0.307 e. The van der Waals surface area contributed by atoms with Crippen LogP contribution < -0.4 is 0 Å². The van der Waals surface area contributed by atoms with Gasteiger partial charge in [-0.2, -0.15) is 5.10 Å². The van der Waals surface area contributed by atoms with E-state index in [-0.39, 0.29) is 0 Å². The van der Waals surface area contributed by atoms with Gasteiger partial charge in [0.2, 0.25) is 0 Å². The third-order valence-electron chi connectivity index (χ3n) is 4.72. The van der Waals surface area contributed by atoms with Gasteiger partial charge in [0.15, 0.2) is 4.77 Å². The first-order valence-electron chi connectivity index (χ1n) is 8.44. The van der Waals surface area contributed by atoms with Crippen LogP contribution in [0.4, 0.5) is 0 Å². The molecule has 0 aliphatic carbocycles. The average Bonchev–Trinajstić information content (AvgIpc) is 3.19. The van der Waals surface area contributed by atoms with Crippen molar-refractivity contribution in [2.75, 3.05) is 13.1 Å². The second kappa shape index (κ2) is 6.74. The molecule has 7 heteroatoms. The molecule has 3 heterocycles. The molecular formula is C17H21N5S2. The van der Waals surface area contributed by atoms with Gasteiger partial charge in [0.05, 0.1) is 21.9 Å². The van der Waals surface area contributed by atoms with Crippen LogP contribution in [0.2, 0.25) is 0 Å². The lowest BCUT2D eigenvalue weighted by Gasteiger charge is -2.30. The topological polar surface area (TPSA) is 38.9 Å². The number of piperidine rings is 1. The predicted molar refractivity (Wildman–Crippen MR) is 99.9 cm³/mol. The van der Waals surface area contributed by atoms with Crippen LogP contribution in [0.5, 0.6) is 0 Å². The highest BCUT2D eigenvalue weighted by atomic mass is 32.1. The molecule has 2 aromatic heterocycles. The van der Waals surface area contributed by atoms with Crippen LogP contribution in [-0.2, 0) is 13.2 Å². The van der Waals surface area contributed by atoms with Crippen molar-refractivity contribution in [2.24, 2.45) is 0 Å². The van der Waals surface area contributed by atoms with Crippen molar-refractivity contribution < 1.29 is 0 Å². The van der Waals surface area contributed by atoms with E-state index in [2.05, 4.69) is 41.2 Å². The second-order valence-corrected chi connectivity index (χ2v) is 7.68. The SMILES string of the molecule is CCn1cnn(CN2CCC(c3nc4ccccc4s3)CC2)c1=S. The number of rotatable bonds is 4. The summed E-state index contributed by atoms with van der Waals surface area (Å²) < 4.78 is 6.04. The van der Waals surface area contributed by atoms with Gasteiger partial charge >= 0.3 is 0 Å². The molecule has 1 aromatic carbocycles. The van der Waals surface area contributed by atoms with Crippen molar-refractivity contribution in [3.05, 3.63) is 40.4 Å². The number of likely N-dealkylation sites (tertiary alicyclic amines) is 1. The number of hydrogen-bond acceptors (Lipinski definition) is 5. The molecule has 0 atom stereocenters. The highest BCUT2D eigenvalue weighted by Crippen LogP contribution is 2.33. The fourth-order valence-corrected chi connectivity index (χ4v) is 4.68. The molecule has 1 aliphatic heterocycles. The van der Waals surface area contributed by atoms with Crippen LogP contribution in [0.1, 0.15) is 30.7 Å². The number of nitrogens with zero attached hydrogens (tertiary/aromatic N) is 5. The summed E-state index contributed by atoms with van der Waals surface area (Å²) in [6.07, 6.45) is 4.14. The van der Waals surface area contributed by atoms with E-state index in [4.69, 9.17) is 17.2 Å². The smallest absolute Gasteiger partial charge is 0.198 e. The average molecular weight is 360 g/mol. The van der Waals surface area contributed by atoms with Crippen LogP contribution in [0, 0.1) is 4.77 Å². The fraction of sp³-hybridized carbons (Fsp3) is 0.471. The highest BCUT2D eigenvalue weighted by Gasteiger charge is 2.23. The van der Waals surface area contributed by atoms with Gasteiger partial charge in [-0.05, 0) is 44.1 Å². The van der Waals surface area contributed by atoms with Gasteiger partial charge in [0, 0.05) is 25.6 Å². The molecule has 0 N–H and O–H groups in total. The zero-order valence-electron chi connectivity index (χ0n) is 13.8. The lowest BCUT2D eigenvalue weighted by Crippen LogP contribution is -2.34. The van der Waals surface area contributed by atoms with Crippen molar-refractivity contribution >= 4 is 33.8 Å². The van der Waals surface area contributed by atoms with Gasteiger partial charge in [0.1, 0.15) is 6.33 Å². The normalized spacial score (nSPS) is 16.9. The maximum Gasteiger partial charge on any atom is 0.198 e. The first-order valence-corrected chi connectivity index (χ1v) is 9.67. The molecule has 1 fully saturated rings. The number of thiazole rings is 1. The monoisotopic (exact) mass is 359 g/mol. The van der Waals surface area contributed by atoms with Gasteiger partial charge in [0.25, 0.3) is 0 Å². The maximum atomic E-state index is 5.46. The number of benzene rings is 1. The molecule has 0 radical (unpaired) electrons. The Balaban J connectivity index is 1.41. The Morgan fingerprint density at radius 1 is 1.25 bits per heavy atom. The maximum absolute atomic E-state index is 5.46. The summed E-state index contributed by atoms with van der Waals surface area (Å²) in [4.78, 5) is 7.27. The minimum absolute atomic E-state index is 0.583. The van der Waals surface area contributed by atoms with Gasteiger partial charge < -0.3 is 4.57 Å². The molecule has 0 bridgehead atoms. The number of para-hydroxylation sites is 1. The van der Waals surface area contributed by atoms with Gasteiger partial charge in [-0.25, -0.2) is 9.67 Å². The predicted octanol–water partition coefficient (Wildman–Crippen LogP) is 3.88. The van der Waals surface area contributed by atoms with Crippen LogP contribution in [0.25, 0.3) is 10.2 Å². The zero-order chi connectivity index (χ0) is 16.5. The molecule has 0 unspecified atom stereocenters. The van der Waals surface area contributed by atoms with Crippen LogP contribution >= 0.6 is 23.6 Å². The van der Waals surface area contributed by atoms with Crippen LogP contribution in [0.3, 0.4) is 0 Å². The van der Waals surface area contributed by atoms with Crippen LogP contribution in [-0.4, -0.2) is 37.3 Å². The third-order valence-corrected chi connectivity index (χ3v) is 6.36. The molecule has 3 aromatic rings. The molecule has 1 saturated heterocycles. The van der Waals surface area contributed by atoms with Gasteiger partial charge in [-0.3, -0.25) is 4.90 Å². The van der Waals surface area contributed by atoms with E-state index >= 15 is 0 Å². The molecule has 0 spiro atoms. The Labute approximate surface area is 150 Å². The van der Waals surface area contributed by atoms with Gasteiger partial charge in [-0.15, -0.1) is 11.3 Å². The van der Waals surface area contributed by atoms with Crippen LogP contribution in [0.15, 0.2) is 30.6 Å². The van der Waals surface area contributed by atoms with Crippen molar-refractivity contribution in [1.29, 1.82) is 0 Å². The summed E-state index contributed by atoms with van der Waals surface area (Å²) in [6, 6.07) is 8.42. The lowest BCUT2D eigenvalue weighted by molar-refractivity contribution is 0.160. The molecule has 1 aliphatic rings. The van der Waals surface area contributed by atoms with E-state index in [0.29, 0.717) is 5.92 Å². The molecule has 0 amide bonds. The molecule has 5 nitrogen and oxygen atoms in total. The van der Waals surface area contributed by atoms with Crippen molar-refractivity contribution in [3.8, 4) is 0 Å². The Morgan fingerprint density at radius 2 is 2.04 bits per heavy atom. The summed E-state index contributed by atoms with van der Waals surface area (Å²) in [5.74, 6) is 0.583. The lowest BCUT2D eigenvalue weighted by atomic mass is 9.98. The first-order chi connectivity index (χ1) is 11.7. The summed E-state index contributed by atoms with van der Waals surface area (Å²) in [5, 5.41) is 5.70. The Hall–Kier alpha value is -1.57. The van der Waals surface area contributed by atoms with E-state index < -0.39 is 0 Å². The molecule has 0 saturated carbocycles. The van der Waals surface area contributed by atoms with Gasteiger partial charge in [-0.1, -0.05) is 12.1 Å². The van der Waals surface area contributed by atoms with Crippen molar-refractivity contribution in [1.82, 2.24) is 24.2 Å². The second-order valence-electron chi connectivity index (χ2n) is 6.25. The number of aromatic nitrogens is 4. The quantitative estimate of drug-likeness (QED) is 0.663. The summed E-state index contributed by atoms with van der Waals surface area (Å²) in [7, 11) is 0. The van der Waals surface area contributed by atoms with E-state index in [1.165, 1.54) is 9.71 Å². The summed E-state index contributed by atoms with van der Waals surface area (Å²) >= 11 is 7.31. The van der Waals surface area contributed by atoms with Crippen molar-refractivity contribution in [3.63, 3.8) is 0 Å². The Bertz CT molecular complexity index is 853. The number of fused-ring (bicyclic) bond motifs is 1. The first kappa shape index (κ1) is 15.9. The Kier molecular flexibility index (Phi) is 4.47.